The summed E-state index contributed by atoms with van der Waals surface area (Å²) in [6.45, 7) is 3.10. The van der Waals surface area contributed by atoms with Crippen LogP contribution >= 0.6 is 27.3 Å². The molecule has 150 valence electrons. The maximum absolute atomic E-state index is 12.7. The van der Waals surface area contributed by atoms with Crippen LogP contribution in [0.25, 0.3) is 10.2 Å². The molecule has 0 bridgehead atoms. The SMILES string of the molecule is CN1CCN(C(=O)c2ccc(NC(=O)c3csc4c(=O)[nH]cnc34)c(Br)c2)CC1. The van der Waals surface area contributed by atoms with E-state index in [1.807, 2.05) is 11.9 Å². The monoisotopic (exact) mass is 475 g/mol. The fourth-order valence-electron chi connectivity index (χ4n) is 3.15. The number of anilines is 1. The van der Waals surface area contributed by atoms with Crippen molar-refractivity contribution in [1.29, 1.82) is 0 Å². The molecular formula is C19H18BrN5O3S. The second-order valence-electron chi connectivity index (χ2n) is 6.80. The fraction of sp³-hybridized carbons (Fsp3) is 0.263. The van der Waals surface area contributed by atoms with Gasteiger partial charge in [0.05, 0.1) is 17.6 Å². The highest BCUT2D eigenvalue weighted by Crippen LogP contribution is 2.27. The third kappa shape index (κ3) is 3.96. The van der Waals surface area contributed by atoms with Crippen molar-refractivity contribution in [2.45, 2.75) is 0 Å². The Kier molecular flexibility index (Phi) is 5.48. The lowest BCUT2D eigenvalue weighted by atomic mass is 10.1. The van der Waals surface area contributed by atoms with Crippen LogP contribution in [0.15, 0.2) is 39.2 Å². The summed E-state index contributed by atoms with van der Waals surface area (Å²) in [4.78, 5) is 47.9. The standard InChI is InChI=1S/C19H18BrN5O3S/c1-24-4-6-25(7-5-24)19(28)11-2-3-14(13(20)8-11)23-17(26)12-9-29-16-15(12)21-10-22-18(16)27/h2-3,8-10H,4-7H2,1H3,(H,23,26)(H,21,22,27). The van der Waals surface area contributed by atoms with E-state index in [9.17, 15) is 14.4 Å². The first-order chi connectivity index (χ1) is 13.9. The molecule has 0 saturated carbocycles. The number of likely N-dealkylation sites (N-methyl/N-ethyl adjacent to an activating group) is 1. The van der Waals surface area contributed by atoms with Gasteiger partial charge >= 0.3 is 0 Å². The highest BCUT2D eigenvalue weighted by molar-refractivity contribution is 9.10. The molecule has 2 amide bonds. The number of H-pyrrole nitrogens is 1. The number of aromatic amines is 1. The van der Waals surface area contributed by atoms with E-state index >= 15 is 0 Å². The Morgan fingerprint density at radius 2 is 2.00 bits per heavy atom. The van der Waals surface area contributed by atoms with Gasteiger partial charge < -0.3 is 20.1 Å². The van der Waals surface area contributed by atoms with E-state index in [4.69, 9.17) is 0 Å². The number of carbonyl (C=O) groups excluding carboxylic acids is 2. The Morgan fingerprint density at radius 1 is 1.24 bits per heavy atom. The maximum atomic E-state index is 12.7. The molecule has 1 aromatic carbocycles. The van der Waals surface area contributed by atoms with Gasteiger partial charge in [0.15, 0.2) is 0 Å². The average Bonchev–Trinajstić information content (AvgIpc) is 3.15. The van der Waals surface area contributed by atoms with E-state index in [0.717, 1.165) is 13.1 Å². The number of nitrogens with zero attached hydrogens (tertiary/aromatic N) is 3. The van der Waals surface area contributed by atoms with Crippen molar-refractivity contribution in [2.75, 3.05) is 38.5 Å². The van der Waals surface area contributed by atoms with Crippen molar-refractivity contribution in [3.63, 3.8) is 0 Å². The molecule has 29 heavy (non-hydrogen) atoms. The lowest BCUT2D eigenvalue weighted by Crippen LogP contribution is -2.47. The number of piperazine rings is 1. The third-order valence-corrected chi connectivity index (χ3v) is 6.48. The predicted octanol–water partition coefficient (Wildman–Crippen LogP) is 2.39. The second-order valence-corrected chi connectivity index (χ2v) is 8.54. The van der Waals surface area contributed by atoms with Gasteiger partial charge in [0, 0.05) is 41.6 Å². The maximum Gasteiger partial charge on any atom is 0.268 e. The van der Waals surface area contributed by atoms with Crippen molar-refractivity contribution in [3.8, 4) is 0 Å². The van der Waals surface area contributed by atoms with Crippen LogP contribution < -0.4 is 10.9 Å². The number of benzene rings is 1. The van der Waals surface area contributed by atoms with Gasteiger partial charge in [-0.15, -0.1) is 11.3 Å². The van der Waals surface area contributed by atoms with Crippen LogP contribution in [0.4, 0.5) is 5.69 Å². The molecule has 1 saturated heterocycles. The number of rotatable bonds is 3. The summed E-state index contributed by atoms with van der Waals surface area (Å²) in [5.74, 6) is -0.392. The topological polar surface area (TPSA) is 98.4 Å². The van der Waals surface area contributed by atoms with Crippen molar-refractivity contribution < 1.29 is 9.59 Å². The highest BCUT2D eigenvalue weighted by atomic mass is 79.9. The van der Waals surface area contributed by atoms with Crippen LogP contribution in [0.3, 0.4) is 0 Å². The first-order valence-electron chi connectivity index (χ1n) is 8.97. The van der Waals surface area contributed by atoms with Gasteiger partial charge in [-0.05, 0) is 41.2 Å². The van der Waals surface area contributed by atoms with Gasteiger partial charge in [0.1, 0.15) is 10.2 Å². The van der Waals surface area contributed by atoms with E-state index in [1.54, 1.807) is 23.6 Å². The Balaban J connectivity index is 1.52. The molecule has 1 fully saturated rings. The van der Waals surface area contributed by atoms with Gasteiger partial charge in [-0.3, -0.25) is 14.4 Å². The Bertz CT molecular complexity index is 1150. The average molecular weight is 476 g/mol. The van der Waals surface area contributed by atoms with E-state index in [0.29, 0.717) is 44.6 Å². The highest BCUT2D eigenvalue weighted by Gasteiger charge is 2.21. The van der Waals surface area contributed by atoms with Crippen LogP contribution in [-0.2, 0) is 0 Å². The van der Waals surface area contributed by atoms with Gasteiger partial charge in [-0.1, -0.05) is 0 Å². The number of aromatic nitrogens is 2. The molecule has 0 aliphatic carbocycles. The number of halogens is 1. The van der Waals surface area contributed by atoms with Crippen LogP contribution in [0.2, 0.25) is 0 Å². The minimum absolute atomic E-state index is 0.0241. The number of carbonyl (C=O) groups is 2. The number of thiophene rings is 1. The molecule has 2 aromatic heterocycles. The van der Waals surface area contributed by atoms with E-state index in [1.165, 1.54) is 17.7 Å². The Labute approximate surface area is 178 Å². The van der Waals surface area contributed by atoms with E-state index in [2.05, 4.69) is 36.1 Å². The molecule has 8 nitrogen and oxygen atoms in total. The number of amides is 2. The molecule has 4 rings (SSSR count). The minimum Gasteiger partial charge on any atom is -0.336 e. The van der Waals surface area contributed by atoms with Gasteiger partial charge in [-0.25, -0.2) is 4.98 Å². The predicted molar refractivity (Wildman–Crippen MR) is 116 cm³/mol. The number of fused-ring (bicyclic) bond motifs is 1. The molecule has 2 N–H and O–H groups in total. The molecular weight excluding hydrogens is 458 g/mol. The number of hydrogen-bond acceptors (Lipinski definition) is 6. The summed E-state index contributed by atoms with van der Waals surface area (Å²) in [6.07, 6.45) is 1.28. The van der Waals surface area contributed by atoms with Crippen LogP contribution in [0, 0.1) is 0 Å². The molecule has 0 atom stereocenters. The molecule has 1 aliphatic rings. The van der Waals surface area contributed by atoms with Gasteiger partial charge in [0.25, 0.3) is 17.4 Å². The molecule has 0 spiro atoms. The summed E-state index contributed by atoms with van der Waals surface area (Å²) >= 11 is 4.61. The molecule has 0 radical (unpaired) electrons. The van der Waals surface area contributed by atoms with Gasteiger partial charge in [-0.2, -0.15) is 0 Å². The molecule has 3 heterocycles. The minimum atomic E-state index is -0.367. The van der Waals surface area contributed by atoms with Crippen molar-refractivity contribution in [3.05, 3.63) is 55.9 Å². The zero-order valence-electron chi connectivity index (χ0n) is 15.6. The molecule has 10 heteroatoms. The van der Waals surface area contributed by atoms with Crippen molar-refractivity contribution >= 4 is 55.0 Å². The summed E-state index contributed by atoms with van der Waals surface area (Å²) in [5.41, 5.74) is 1.53. The van der Waals surface area contributed by atoms with E-state index < -0.39 is 0 Å². The molecule has 0 unspecified atom stereocenters. The normalized spacial score (nSPS) is 14.9. The fourth-order valence-corrected chi connectivity index (χ4v) is 4.53. The first kappa shape index (κ1) is 19.7. The second kappa shape index (κ2) is 8.05. The van der Waals surface area contributed by atoms with Crippen LogP contribution in [0.1, 0.15) is 20.7 Å². The summed E-state index contributed by atoms with van der Waals surface area (Å²) in [7, 11) is 2.04. The van der Waals surface area contributed by atoms with Crippen molar-refractivity contribution in [2.24, 2.45) is 0 Å². The van der Waals surface area contributed by atoms with Crippen molar-refractivity contribution in [1.82, 2.24) is 19.8 Å². The first-order valence-corrected chi connectivity index (χ1v) is 10.6. The zero-order chi connectivity index (χ0) is 20.5. The largest absolute Gasteiger partial charge is 0.336 e. The number of nitrogens with one attached hydrogen (secondary N) is 2. The molecule has 1 aliphatic heterocycles. The lowest BCUT2D eigenvalue weighted by Gasteiger charge is -2.32. The number of hydrogen-bond donors (Lipinski definition) is 2. The van der Waals surface area contributed by atoms with Crippen LogP contribution in [-0.4, -0.2) is 64.8 Å². The quantitative estimate of drug-likeness (QED) is 0.605. The Morgan fingerprint density at radius 3 is 2.72 bits per heavy atom. The zero-order valence-corrected chi connectivity index (χ0v) is 18.0. The van der Waals surface area contributed by atoms with E-state index in [-0.39, 0.29) is 17.4 Å². The van der Waals surface area contributed by atoms with Crippen LogP contribution in [0.5, 0.6) is 0 Å². The lowest BCUT2D eigenvalue weighted by molar-refractivity contribution is 0.0664. The Hall–Kier alpha value is -2.56. The molecule has 3 aromatic rings. The van der Waals surface area contributed by atoms with Gasteiger partial charge in [0.2, 0.25) is 0 Å². The third-order valence-electron chi connectivity index (χ3n) is 4.86. The smallest absolute Gasteiger partial charge is 0.268 e. The summed E-state index contributed by atoms with van der Waals surface area (Å²) < 4.78 is 1.01. The summed E-state index contributed by atoms with van der Waals surface area (Å²) in [5, 5.41) is 4.43. The summed E-state index contributed by atoms with van der Waals surface area (Å²) in [6, 6.07) is 5.11.